The molecule has 2 unspecified atom stereocenters. The highest BCUT2D eigenvalue weighted by molar-refractivity contribution is 4.75. The van der Waals surface area contributed by atoms with Gasteiger partial charge < -0.3 is 4.74 Å². The molecular weight excluding hydrogens is 186 g/mol. The van der Waals surface area contributed by atoms with E-state index in [2.05, 4.69) is 26.8 Å². The van der Waals surface area contributed by atoms with Crippen LogP contribution in [0.15, 0.2) is 0 Å². The van der Waals surface area contributed by atoms with Crippen LogP contribution < -0.4 is 0 Å². The standard InChI is InChI=1S/C13H25NO/c1-4-7-8-12(5-2)11-15-13(6-3)9-10-14/h12-13H,4-9,11H2,1-3H3. The Labute approximate surface area is 94.6 Å². The van der Waals surface area contributed by atoms with Crippen molar-refractivity contribution in [3.05, 3.63) is 0 Å². The molecule has 0 bridgehead atoms. The molecule has 0 amide bonds. The molecule has 0 N–H and O–H groups in total. The Hall–Kier alpha value is -0.550. The Balaban J connectivity index is 3.72. The molecule has 0 radical (unpaired) electrons. The average molecular weight is 211 g/mol. The van der Waals surface area contributed by atoms with Gasteiger partial charge in [-0.1, -0.05) is 40.0 Å². The zero-order valence-corrected chi connectivity index (χ0v) is 10.5. The second-order valence-corrected chi connectivity index (χ2v) is 4.14. The highest BCUT2D eigenvalue weighted by Gasteiger charge is 2.10. The van der Waals surface area contributed by atoms with Crippen molar-refractivity contribution in [1.29, 1.82) is 5.26 Å². The largest absolute Gasteiger partial charge is 0.377 e. The zero-order valence-electron chi connectivity index (χ0n) is 10.5. The minimum Gasteiger partial charge on any atom is -0.377 e. The first-order valence-electron chi connectivity index (χ1n) is 6.26. The summed E-state index contributed by atoms with van der Waals surface area (Å²) in [6.07, 6.45) is 6.60. The minimum atomic E-state index is 0.144. The third-order valence-corrected chi connectivity index (χ3v) is 2.89. The molecule has 15 heavy (non-hydrogen) atoms. The smallest absolute Gasteiger partial charge is 0.0702 e. The summed E-state index contributed by atoms with van der Waals surface area (Å²) in [5, 5.41) is 8.60. The zero-order chi connectivity index (χ0) is 11.5. The molecule has 0 aliphatic carbocycles. The van der Waals surface area contributed by atoms with Gasteiger partial charge in [-0.2, -0.15) is 5.26 Å². The van der Waals surface area contributed by atoms with Crippen molar-refractivity contribution in [3.8, 4) is 6.07 Å². The summed E-state index contributed by atoms with van der Waals surface area (Å²) in [7, 11) is 0. The van der Waals surface area contributed by atoms with Crippen molar-refractivity contribution in [3.63, 3.8) is 0 Å². The van der Waals surface area contributed by atoms with Crippen LogP contribution in [0.25, 0.3) is 0 Å². The SMILES string of the molecule is CCCCC(CC)COC(CC)CC#N. The van der Waals surface area contributed by atoms with Crippen LogP contribution in [0.2, 0.25) is 0 Å². The van der Waals surface area contributed by atoms with E-state index in [1.54, 1.807) is 0 Å². The van der Waals surface area contributed by atoms with E-state index in [0.717, 1.165) is 13.0 Å². The van der Waals surface area contributed by atoms with Gasteiger partial charge in [0.2, 0.25) is 0 Å². The van der Waals surface area contributed by atoms with Crippen LogP contribution in [0.4, 0.5) is 0 Å². The fourth-order valence-electron chi connectivity index (χ4n) is 1.59. The molecule has 0 aromatic heterocycles. The number of hydrogen-bond acceptors (Lipinski definition) is 2. The number of nitrogens with zero attached hydrogens (tertiary/aromatic N) is 1. The molecule has 2 nitrogen and oxygen atoms in total. The lowest BCUT2D eigenvalue weighted by Gasteiger charge is -2.18. The Morgan fingerprint density at radius 1 is 1.20 bits per heavy atom. The van der Waals surface area contributed by atoms with Crippen LogP contribution in [-0.4, -0.2) is 12.7 Å². The summed E-state index contributed by atoms with van der Waals surface area (Å²) < 4.78 is 5.76. The Morgan fingerprint density at radius 3 is 2.40 bits per heavy atom. The fraction of sp³-hybridized carbons (Fsp3) is 0.923. The molecule has 0 aromatic carbocycles. The number of unbranched alkanes of at least 4 members (excludes halogenated alkanes) is 1. The lowest BCUT2D eigenvalue weighted by Crippen LogP contribution is -2.17. The molecule has 0 saturated carbocycles. The lowest BCUT2D eigenvalue weighted by molar-refractivity contribution is 0.0265. The summed E-state index contributed by atoms with van der Waals surface area (Å²) in [5.74, 6) is 0.678. The predicted octanol–water partition coefficient (Wildman–Crippen LogP) is 3.91. The van der Waals surface area contributed by atoms with Gasteiger partial charge in [0.05, 0.1) is 18.6 Å². The second kappa shape index (κ2) is 9.98. The van der Waals surface area contributed by atoms with E-state index in [0.29, 0.717) is 12.3 Å². The molecule has 88 valence electrons. The van der Waals surface area contributed by atoms with Crippen molar-refractivity contribution < 1.29 is 4.74 Å². The highest BCUT2D eigenvalue weighted by atomic mass is 16.5. The van der Waals surface area contributed by atoms with Gasteiger partial charge in [0.15, 0.2) is 0 Å². The van der Waals surface area contributed by atoms with Gasteiger partial charge in [0.25, 0.3) is 0 Å². The van der Waals surface area contributed by atoms with E-state index in [9.17, 15) is 0 Å². The monoisotopic (exact) mass is 211 g/mol. The maximum Gasteiger partial charge on any atom is 0.0702 e. The first kappa shape index (κ1) is 14.5. The number of hydrogen-bond donors (Lipinski definition) is 0. The number of ether oxygens (including phenoxy) is 1. The minimum absolute atomic E-state index is 0.144. The van der Waals surface area contributed by atoms with Crippen LogP contribution in [0.1, 0.15) is 59.3 Å². The quantitative estimate of drug-likeness (QED) is 0.579. The maximum absolute atomic E-state index is 8.60. The number of rotatable bonds is 9. The topological polar surface area (TPSA) is 33.0 Å². The average Bonchev–Trinajstić information content (AvgIpc) is 2.27. The molecular formula is C13H25NO. The van der Waals surface area contributed by atoms with Crippen LogP contribution in [0.5, 0.6) is 0 Å². The van der Waals surface area contributed by atoms with Gasteiger partial charge in [-0.25, -0.2) is 0 Å². The fourth-order valence-corrected chi connectivity index (χ4v) is 1.59. The van der Waals surface area contributed by atoms with Crippen molar-refractivity contribution in [2.24, 2.45) is 5.92 Å². The Bertz CT molecular complexity index is 174. The molecule has 0 spiro atoms. The molecule has 0 rings (SSSR count). The maximum atomic E-state index is 8.60. The van der Waals surface area contributed by atoms with Crippen molar-refractivity contribution in [1.82, 2.24) is 0 Å². The van der Waals surface area contributed by atoms with Crippen LogP contribution in [-0.2, 0) is 4.74 Å². The van der Waals surface area contributed by atoms with Gasteiger partial charge in [-0.15, -0.1) is 0 Å². The van der Waals surface area contributed by atoms with Crippen LogP contribution in [0.3, 0.4) is 0 Å². The third kappa shape index (κ3) is 7.39. The molecule has 2 atom stereocenters. The molecule has 0 aliphatic heterocycles. The number of nitriles is 1. The molecule has 2 heteroatoms. The van der Waals surface area contributed by atoms with E-state index in [1.807, 2.05) is 0 Å². The van der Waals surface area contributed by atoms with Gasteiger partial charge in [-0.05, 0) is 18.8 Å². The Morgan fingerprint density at radius 2 is 1.93 bits per heavy atom. The highest BCUT2D eigenvalue weighted by Crippen LogP contribution is 2.15. The predicted molar refractivity (Wildman–Crippen MR) is 63.6 cm³/mol. The van der Waals surface area contributed by atoms with E-state index in [-0.39, 0.29) is 6.10 Å². The van der Waals surface area contributed by atoms with E-state index in [1.165, 1.54) is 25.7 Å². The van der Waals surface area contributed by atoms with E-state index < -0.39 is 0 Å². The van der Waals surface area contributed by atoms with E-state index >= 15 is 0 Å². The third-order valence-electron chi connectivity index (χ3n) is 2.89. The Kier molecular flexibility index (Phi) is 9.62. The summed E-state index contributed by atoms with van der Waals surface area (Å²) in [6.45, 7) is 7.35. The molecule has 0 fully saturated rings. The first-order valence-corrected chi connectivity index (χ1v) is 6.26. The van der Waals surface area contributed by atoms with Crippen LogP contribution >= 0.6 is 0 Å². The summed E-state index contributed by atoms with van der Waals surface area (Å²) in [4.78, 5) is 0. The van der Waals surface area contributed by atoms with Crippen molar-refractivity contribution >= 4 is 0 Å². The van der Waals surface area contributed by atoms with Gasteiger partial charge in [-0.3, -0.25) is 0 Å². The summed E-state index contributed by atoms with van der Waals surface area (Å²) in [5.41, 5.74) is 0. The van der Waals surface area contributed by atoms with Crippen LogP contribution in [0, 0.1) is 17.2 Å². The first-order chi connectivity index (χ1) is 7.28. The van der Waals surface area contributed by atoms with Crippen molar-refractivity contribution in [2.45, 2.75) is 65.4 Å². The molecule has 0 aliphatic rings. The molecule has 0 aromatic rings. The van der Waals surface area contributed by atoms with E-state index in [4.69, 9.17) is 10.00 Å². The van der Waals surface area contributed by atoms with Gasteiger partial charge in [0, 0.05) is 6.61 Å². The van der Waals surface area contributed by atoms with Crippen molar-refractivity contribution in [2.75, 3.05) is 6.61 Å². The van der Waals surface area contributed by atoms with Gasteiger partial charge in [0.1, 0.15) is 0 Å². The lowest BCUT2D eigenvalue weighted by atomic mass is 10.0. The second-order valence-electron chi connectivity index (χ2n) is 4.14. The molecule has 0 heterocycles. The normalized spacial score (nSPS) is 14.5. The molecule has 0 saturated heterocycles. The summed E-state index contributed by atoms with van der Waals surface area (Å²) in [6, 6.07) is 2.18. The summed E-state index contributed by atoms with van der Waals surface area (Å²) >= 11 is 0. The van der Waals surface area contributed by atoms with Gasteiger partial charge >= 0.3 is 0 Å².